The van der Waals surface area contributed by atoms with Gasteiger partial charge in [-0.3, -0.25) is 9.11 Å². The summed E-state index contributed by atoms with van der Waals surface area (Å²) in [6.07, 6.45) is 0. The molecule has 2 N–H and O–H groups in total. The maximum atomic E-state index is 8.74. The molecule has 0 saturated carbocycles. The molecule has 0 atom stereocenters. The quantitative estimate of drug-likeness (QED) is 0.241. The van der Waals surface area contributed by atoms with E-state index in [4.69, 9.17) is 27.6 Å². The Balaban J connectivity index is -0.0000000800. The summed E-state index contributed by atoms with van der Waals surface area (Å²) in [5, 5.41) is 9.00. The van der Waals surface area contributed by atoms with Gasteiger partial charge in [0.1, 0.15) is 0 Å². The van der Waals surface area contributed by atoms with E-state index in [0.717, 1.165) is 5.34 Å². The molecule has 0 aromatic carbocycles. The largest absolute Gasteiger partial charge is 0.444 e. The van der Waals surface area contributed by atoms with Crippen molar-refractivity contribution >= 4 is 10.4 Å². The van der Waals surface area contributed by atoms with E-state index in [0.29, 0.717) is 0 Å². The van der Waals surface area contributed by atoms with Crippen LogP contribution in [0.4, 0.5) is 0 Å². The molecule has 7 nitrogen and oxygen atoms in total. The molecule has 0 amide bonds. The first-order chi connectivity index (χ1) is 3.41. The normalized spacial score (nSPS) is 7.78. The van der Waals surface area contributed by atoms with Crippen molar-refractivity contribution in [1.82, 2.24) is 0 Å². The van der Waals surface area contributed by atoms with Crippen LogP contribution in [0.5, 0.6) is 0 Å². The van der Waals surface area contributed by atoms with Gasteiger partial charge in [0.05, 0.1) is 0 Å². The van der Waals surface area contributed by atoms with Crippen LogP contribution in [0.1, 0.15) is 0 Å². The van der Waals surface area contributed by atoms with E-state index in [2.05, 4.69) is 0 Å². The fourth-order valence-corrected chi connectivity index (χ4v) is 0. The van der Waals surface area contributed by atoms with E-state index in [-0.39, 0.29) is 17.1 Å². The molecule has 0 aromatic rings. The second-order valence-corrected chi connectivity index (χ2v) is 1.42. The van der Waals surface area contributed by atoms with Crippen molar-refractivity contribution in [2.45, 2.75) is 0 Å². The van der Waals surface area contributed by atoms with E-state index in [1.54, 1.807) is 0 Å². The summed E-state index contributed by atoms with van der Waals surface area (Å²) < 4.78 is 31.6. The Labute approximate surface area is 61.1 Å². The van der Waals surface area contributed by atoms with Crippen molar-refractivity contribution in [2.75, 3.05) is 0 Å². The number of hydrogen-bond acceptors (Lipinski definition) is 5. The maximum absolute atomic E-state index is 8.74. The van der Waals surface area contributed by atoms with Crippen LogP contribution in [-0.2, 0) is 27.5 Å². The second-order valence-electron chi connectivity index (χ2n) is 0.522. The van der Waals surface area contributed by atoms with Crippen molar-refractivity contribution in [2.24, 2.45) is 5.34 Å². The van der Waals surface area contributed by atoms with Crippen LogP contribution in [0.15, 0.2) is 5.34 Å². The second kappa shape index (κ2) is 7.79. The molecule has 0 saturated heterocycles. The molecular weight excluding hydrogens is 206 g/mol. The summed E-state index contributed by atoms with van der Waals surface area (Å²) in [5.74, 6) is 0. The van der Waals surface area contributed by atoms with Crippen LogP contribution in [0.25, 0.3) is 0 Å². The Morgan fingerprint density at radius 2 is 1.33 bits per heavy atom. The van der Waals surface area contributed by atoms with Crippen LogP contribution < -0.4 is 0 Å². The van der Waals surface area contributed by atoms with Crippen molar-refractivity contribution in [3.8, 4) is 0 Å². The van der Waals surface area contributed by atoms with Gasteiger partial charge < -0.3 is 10.1 Å². The van der Waals surface area contributed by atoms with E-state index in [9.17, 15) is 0 Å². The van der Waals surface area contributed by atoms with Gasteiger partial charge in [0.15, 0.2) is 0 Å². The average Bonchev–Trinajstić information content (AvgIpc) is 1.27. The molecule has 0 bridgehead atoms. The molecular formula is H2CuNO6S-. The molecule has 0 aliphatic rings. The Bertz CT molecular complexity index is 127. The van der Waals surface area contributed by atoms with Crippen molar-refractivity contribution in [3.63, 3.8) is 0 Å². The Kier molecular flexibility index (Phi) is 13.8. The predicted octanol–water partition coefficient (Wildman–Crippen LogP) is -0.405. The van der Waals surface area contributed by atoms with E-state index < -0.39 is 10.4 Å². The van der Waals surface area contributed by atoms with Crippen LogP contribution in [0.3, 0.4) is 0 Å². The third kappa shape index (κ3) is 5890. The van der Waals surface area contributed by atoms with Crippen LogP contribution >= 0.6 is 0 Å². The van der Waals surface area contributed by atoms with Crippen molar-refractivity contribution < 1.29 is 34.6 Å². The molecule has 0 heterocycles. The smallest absolute Gasteiger partial charge is 0.394 e. The van der Waals surface area contributed by atoms with Gasteiger partial charge in [0.25, 0.3) is 0 Å². The van der Waals surface area contributed by atoms with Gasteiger partial charge in [-0.05, 0) is 0 Å². The first-order valence-electron chi connectivity index (χ1n) is 1.06. The topological polar surface area (TPSA) is 127 Å². The number of rotatable bonds is 0. The average molecular weight is 208 g/mol. The fraction of sp³-hybridized carbons (Fsp3) is 0. The minimum Gasteiger partial charge on any atom is -0.444 e. The van der Waals surface area contributed by atoms with Crippen LogP contribution in [0, 0.1) is 10.1 Å². The zero-order chi connectivity index (χ0) is 7.21. The van der Waals surface area contributed by atoms with Crippen LogP contribution in [-0.4, -0.2) is 17.5 Å². The zero-order valence-corrected chi connectivity index (χ0v) is 5.44. The fourth-order valence-electron chi connectivity index (χ4n) is 0. The predicted molar refractivity (Wildman–Crippen MR) is 23.3 cm³/mol. The summed E-state index contributed by atoms with van der Waals surface area (Å²) >= 11 is 0. The molecule has 9 heavy (non-hydrogen) atoms. The minimum atomic E-state index is -4.67. The Morgan fingerprint density at radius 3 is 1.33 bits per heavy atom. The number of hydrogen-bond donors (Lipinski definition) is 2. The van der Waals surface area contributed by atoms with Crippen LogP contribution in [0.2, 0.25) is 0 Å². The van der Waals surface area contributed by atoms with Gasteiger partial charge >= 0.3 is 10.4 Å². The monoisotopic (exact) mass is 207 g/mol. The minimum absolute atomic E-state index is 0. The summed E-state index contributed by atoms with van der Waals surface area (Å²) in [5.41, 5.74) is 0. The molecule has 0 aliphatic heterocycles. The van der Waals surface area contributed by atoms with Crippen molar-refractivity contribution in [1.29, 1.82) is 0 Å². The maximum Gasteiger partial charge on any atom is 0.394 e. The van der Waals surface area contributed by atoms with Gasteiger partial charge in [-0.1, -0.05) is 0 Å². The molecule has 0 rings (SSSR count). The standard InChI is InChI=1S/Cu.HNO2.H2O4S/c;2-1-3;1-5(2,3)4/h;(H,2,3);(H2,1,2,3,4)/p-1. The zero-order valence-electron chi connectivity index (χ0n) is 3.68. The molecule has 0 aliphatic carbocycles. The van der Waals surface area contributed by atoms with E-state index in [1.807, 2.05) is 0 Å². The summed E-state index contributed by atoms with van der Waals surface area (Å²) in [6, 6.07) is 0. The third-order valence-corrected chi connectivity index (χ3v) is 0. The molecule has 0 spiro atoms. The summed E-state index contributed by atoms with van der Waals surface area (Å²) in [7, 11) is -4.67. The van der Waals surface area contributed by atoms with E-state index in [1.165, 1.54) is 0 Å². The summed E-state index contributed by atoms with van der Waals surface area (Å²) in [4.78, 5) is 8.00. The summed E-state index contributed by atoms with van der Waals surface area (Å²) in [6.45, 7) is 0. The third-order valence-electron chi connectivity index (χ3n) is 0. The molecule has 61 valence electrons. The van der Waals surface area contributed by atoms with Gasteiger partial charge in [-0.2, -0.15) is 8.42 Å². The SMILES string of the molecule is O=N[O-].O=S(=O)(O)O.[Cu]. The van der Waals surface area contributed by atoms with Gasteiger partial charge in [-0.25, -0.2) is 0 Å². The molecule has 0 aromatic heterocycles. The van der Waals surface area contributed by atoms with E-state index >= 15 is 0 Å². The van der Waals surface area contributed by atoms with Gasteiger partial charge in [0, 0.05) is 17.1 Å². The Morgan fingerprint density at radius 1 is 1.33 bits per heavy atom. The molecule has 0 unspecified atom stereocenters. The molecule has 1 radical (unpaired) electrons. The first-order valence-corrected chi connectivity index (χ1v) is 2.46. The first kappa shape index (κ1) is 15.9. The molecule has 9 heteroatoms. The Hall–Kier alpha value is -0.211. The van der Waals surface area contributed by atoms with Crippen molar-refractivity contribution in [3.05, 3.63) is 10.1 Å². The molecule has 0 fully saturated rings. The van der Waals surface area contributed by atoms with Gasteiger partial charge in [0.2, 0.25) is 0 Å². The number of nitrogens with zero attached hydrogens (tertiary/aromatic N) is 1. The van der Waals surface area contributed by atoms with Gasteiger partial charge in [-0.15, -0.1) is 5.34 Å².